The van der Waals surface area contributed by atoms with Crippen LogP contribution in [0.15, 0.2) is 47.1 Å². The molecule has 26 heavy (non-hydrogen) atoms. The number of aromatic nitrogens is 2. The Hall–Kier alpha value is -2.80. The average molecular weight is 354 g/mol. The summed E-state index contributed by atoms with van der Waals surface area (Å²) in [6, 6.07) is 11.8. The molecule has 6 nitrogen and oxygen atoms in total. The number of rotatable bonds is 3. The Kier molecular flexibility index (Phi) is 4.62. The van der Waals surface area contributed by atoms with Crippen LogP contribution in [0.25, 0.3) is 11.0 Å². The smallest absolute Gasteiger partial charge is 0.253 e. The fourth-order valence-corrected chi connectivity index (χ4v) is 3.28. The molecule has 1 aliphatic heterocycles. The van der Waals surface area contributed by atoms with Crippen molar-refractivity contribution in [3.63, 3.8) is 0 Å². The number of hydrogen-bond donors (Lipinski definition) is 0. The van der Waals surface area contributed by atoms with Gasteiger partial charge in [0.15, 0.2) is 0 Å². The minimum absolute atomic E-state index is 0.00136. The molecule has 0 N–H and O–H groups in total. The Bertz CT molecular complexity index is 909. The van der Waals surface area contributed by atoms with E-state index in [9.17, 15) is 9.18 Å². The Morgan fingerprint density at radius 2 is 1.81 bits per heavy atom. The lowest BCUT2D eigenvalue weighted by Gasteiger charge is -2.22. The number of hydrogen-bond acceptors (Lipinski definition) is 5. The molecule has 0 saturated carbocycles. The molecule has 0 aliphatic carbocycles. The van der Waals surface area contributed by atoms with Gasteiger partial charge in [-0.1, -0.05) is 12.1 Å². The van der Waals surface area contributed by atoms with Gasteiger partial charge >= 0.3 is 0 Å². The molecule has 2 heterocycles. The summed E-state index contributed by atoms with van der Waals surface area (Å²) < 4.78 is 17.7. The molecule has 0 radical (unpaired) electrons. The van der Waals surface area contributed by atoms with Crippen LogP contribution in [-0.2, 0) is 6.54 Å². The van der Waals surface area contributed by atoms with Gasteiger partial charge in [-0.3, -0.25) is 9.69 Å². The number of fused-ring (bicyclic) bond motifs is 1. The van der Waals surface area contributed by atoms with E-state index in [4.69, 9.17) is 0 Å². The molecule has 2 aromatic carbocycles. The van der Waals surface area contributed by atoms with E-state index in [0.29, 0.717) is 29.7 Å². The summed E-state index contributed by atoms with van der Waals surface area (Å²) in [5.41, 5.74) is 2.90. The Morgan fingerprint density at radius 3 is 2.65 bits per heavy atom. The second-order valence-electron chi connectivity index (χ2n) is 6.52. The van der Waals surface area contributed by atoms with Crippen molar-refractivity contribution >= 4 is 16.9 Å². The third kappa shape index (κ3) is 3.57. The van der Waals surface area contributed by atoms with Gasteiger partial charge < -0.3 is 4.90 Å². The molecule has 1 saturated heterocycles. The first-order valence-electron chi connectivity index (χ1n) is 8.67. The Balaban J connectivity index is 1.41. The van der Waals surface area contributed by atoms with Gasteiger partial charge in [0.2, 0.25) is 0 Å². The monoisotopic (exact) mass is 354 g/mol. The molecular formula is C19H19FN4O2. The molecular weight excluding hydrogens is 335 g/mol. The van der Waals surface area contributed by atoms with Crippen LogP contribution in [0.5, 0.6) is 0 Å². The first-order chi connectivity index (χ1) is 12.7. The van der Waals surface area contributed by atoms with E-state index in [1.165, 1.54) is 12.1 Å². The Labute approximate surface area is 150 Å². The summed E-state index contributed by atoms with van der Waals surface area (Å²) >= 11 is 0. The van der Waals surface area contributed by atoms with Crippen molar-refractivity contribution in [2.45, 2.75) is 13.0 Å². The fraction of sp³-hybridized carbons (Fsp3) is 0.316. The van der Waals surface area contributed by atoms with E-state index in [1.54, 1.807) is 18.2 Å². The average Bonchev–Trinajstić information content (AvgIpc) is 3.01. The second-order valence-corrected chi connectivity index (χ2v) is 6.52. The molecule has 1 fully saturated rings. The van der Waals surface area contributed by atoms with Crippen LogP contribution in [0.4, 0.5) is 4.39 Å². The number of halogens is 1. The zero-order chi connectivity index (χ0) is 17.9. The lowest BCUT2D eigenvalue weighted by atomic mass is 10.1. The molecule has 1 amide bonds. The third-order valence-electron chi connectivity index (χ3n) is 4.70. The molecule has 0 unspecified atom stereocenters. The molecule has 4 rings (SSSR count). The lowest BCUT2D eigenvalue weighted by Crippen LogP contribution is -2.35. The number of carbonyl (C=O) groups is 1. The highest BCUT2D eigenvalue weighted by Gasteiger charge is 2.21. The molecule has 3 aromatic rings. The standard InChI is InChI=1S/C19H19FN4O2/c20-16-5-2-14(3-6-16)13-23-8-1-9-24(11-10-23)19(25)15-4-7-17-18(12-15)22-26-21-17/h2-7,12H,1,8-11,13H2. The van der Waals surface area contributed by atoms with Crippen LogP contribution in [0.1, 0.15) is 22.3 Å². The summed E-state index contributed by atoms with van der Waals surface area (Å²) in [5, 5.41) is 7.56. The fourth-order valence-electron chi connectivity index (χ4n) is 3.28. The molecule has 1 aromatic heterocycles. The first kappa shape index (κ1) is 16.7. The van der Waals surface area contributed by atoms with Crippen LogP contribution >= 0.6 is 0 Å². The van der Waals surface area contributed by atoms with Gasteiger partial charge in [0.25, 0.3) is 5.91 Å². The van der Waals surface area contributed by atoms with Crippen molar-refractivity contribution in [1.82, 2.24) is 20.1 Å². The minimum Gasteiger partial charge on any atom is -0.337 e. The quantitative estimate of drug-likeness (QED) is 0.724. The topological polar surface area (TPSA) is 62.5 Å². The Morgan fingerprint density at radius 1 is 1.00 bits per heavy atom. The number of nitrogens with zero attached hydrogens (tertiary/aromatic N) is 4. The van der Waals surface area contributed by atoms with Crippen LogP contribution < -0.4 is 0 Å². The van der Waals surface area contributed by atoms with Gasteiger partial charge in [0, 0.05) is 38.3 Å². The summed E-state index contributed by atoms with van der Waals surface area (Å²) in [6.45, 7) is 3.84. The lowest BCUT2D eigenvalue weighted by molar-refractivity contribution is 0.0761. The predicted molar refractivity (Wildman–Crippen MR) is 94.0 cm³/mol. The van der Waals surface area contributed by atoms with Crippen LogP contribution in [0.2, 0.25) is 0 Å². The normalized spacial score (nSPS) is 16.0. The van der Waals surface area contributed by atoms with Gasteiger partial charge in [0.05, 0.1) is 0 Å². The summed E-state index contributed by atoms with van der Waals surface area (Å²) in [7, 11) is 0. The maximum atomic E-state index is 13.0. The van der Waals surface area contributed by atoms with Gasteiger partial charge in [-0.2, -0.15) is 0 Å². The van der Waals surface area contributed by atoms with Gasteiger partial charge in [0.1, 0.15) is 16.9 Å². The molecule has 0 bridgehead atoms. The maximum absolute atomic E-state index is 13.0. The van der Waals surface area contributed by atoms with E-state index in [1.807, 2.05) is 17.0 Å². The largest absolute Gasteiger partial charge is 0.337 e. The van der Waals surface area contributed by atoms with E-state index in [0.717, 1.165) is 31.6 Å². The molecule has 1 aliphatic rings. The minimum atomic E-state index is -0.222. The van der Waals surface area contributed by atoms with Crippen LogP contribution in [0, 0.1) is 5.82 Å². The first-order valence-corrected chi connectivity index (χ1v) is 8.67. The predicted octanol–water partition coefficient (Wildman–Crippen LogP) is 2.71. The van der Waals surface area contributed by atoms with Crippen molar-refractivity contribution in [1.29, 1.82) is 0 Å². The van der Waals surface area contributed by atoms with E-state index >= 15 is 0 Å². The molecule has 134 valence electrons. The summed E-state index contributed by atoms with van der Waals surface area (Å²) in [4.78, 5) is 17.0. The van der Waals surface area contributed by atoms with Crippen molar-refractivity contribution in [3.05, 3.63) is 59.4 Å². The summed E-state index contributed by atoms with van der Waals surface area (Å²) in [6.07, 6.45) is 0.903. The van der Waals surface area contributed by atoms with Crippen LogP contribution in [-0.4, -0.2) is 52.2 Å². The van der Waals surface area contributed by atoms with Crippen molar-refractivity contribution in [2.75, 3.05) is 26.2 Å². The van der Waals surface area contributed by atoms with Crippen molar-refractivity contribution in [2.24, 2.45) is 0 Å². The zero-order valence-corrected chi connectivity index (χ0v) is 14.3. The van der Waals surface area contributed by atoms with E-state index in [-0.39, 0.29) is 11.7 Å². The second kappa shape index (κ2) is 7.21. The van der Waals surface area contributed by atoms with Gasteiger partial charge in [-0.25, -0.2) is 9.02 Å². The zero-order valence-electron chi connectivity index (χ0n) is 14.3. The maximum Gasteiger partial charge on any atom is 0.253 e. The number of carbonyl (C=O) groups excluding carboxylic acids is 1. The van der Waals surface area contributed by atoms with Crippen LogP contribution in [0.3, 0.4) is 0 Å². The molecule has 7 heteroatoms. The van der Waals surface area contributed by atoms with E-state index < -0.39 is 0 Å². The summed E-state index contributed by atoms with van der Waals surface area (Å²) in [5.74, 6) is -0.223. The van der Waals surface area contributed by atoms with Crippen molar-refractivity contribution < 1.29 is 13.8 Å². The number of benzene rings is 2. The van der Waals surface area contributed by atoms with Crippen molar-refractivity contribution in [3.8, 4) is 0 Å². The molecule has 0 spiro atoms. The SMILES string of the molecule is O=C(c1ccc2nonc2c1)N1CCCN(Cc2ccc(F)cc2)CC1. The third-order valence-corrected chi connectivity index (χ3v) is 4.70. The highest BCUT2D eigenvalue weighted by atomic mass is 19.1. The van der Waals surface area contributed by atoms with E-state index in [2.05, 4.69) is 19.8 Å². The number of amides is 1. The highest BCUT2D eigenvalue weighted by Crippen LogP contribution is 2.16. The van der Waals surface area contributed by atoms with Gasteiger partial charge in [-0.05, 0) is 52.6 Å². The van der Waals surface area contributed by atoms with Gasteiger partial charge in [-0.15, -0.1) is 0 Å². The molecule has 0 atom stereocenters. The highest BCUT2D eigenvalue weighted by molar-refractivity contribution is 5.97.